The Bertz CT molecular complexity index is 1800. The molecule has 4 heterocycles. The van der Waals surface area contributed by atoms with Crippen molar-refractivity contribution in [1.29, 1.82) is 0 Å². The van der Waals surface area contributed by atoms with E-state index in [0.717, 1.165) is 56.0 Å². The first-order valence-electron chi connectivity index (χ1n) is 18.0. The lowest BCUT2D eigenvalue weighted by Gasteiger charge is -2.37. The van der Waals surface area contributed by atoms with E-state index in [4.69, 9.17) is 9.57 Å². The number of ether oxygens (including phenoxy) is 1. The number of carbonyl (C=O) groups is 5. The molecule has 4 amide bonds. The average molecular weight is 709 g/mol. The molecule has 13 heteroatoms. The number of rotatable bonds is 10. The van der Waals surface area contributed by atoms with Gasteiger partial charge < -0.3 is 29.2 Å². The number of nitrogens with one attached hydrogen (secondary N) is 1. The van der Waals surface area contributed by atoms with Crippen molar-refractivity contribution in [1.82, 2.24) is 20.2 Å². The summed E-state index contributed by atoms with van der Waals surface area (Å²) in [6.45, 7) is 5.65. The van der Waals surface area contributed by atoms with Gasteiger partial charge in [0.05, 0.1) is 18.3 Å². The zero-order valence-corrected chi connectivity index (χ0v) is 29.4. The highest BCUT2D eigenvalue weighted by atomic mass is 16.7. The minimum absolute atomic E-state index is 0.0529. The van der Waals surface area contributed by atoms with Crippen molar-refractivity contribution in [2.75, 3.05) is 69.3 Å². The van der Waals surface area contributed by atoms with Crippen molar-refractivity contribution >= 4 is 41.0 Å². The Hall–Kier alpha value is -5.27. The van der Waals surface area contributed by atoms with Crippen LogP contribution in [0.3, 0.4) is 0 Å². The van der Waals surface area contributed by atoms with E-state index in [-0.39, 0.29) is 36.2 Å². The number of hydrogen-bond donors (Lipinski definition) is 1. The topological polar surface area (TPSA) is 132 Å². The van der Waals surface area contributed by atoms with E-state index in [0.29, 0.717) is 55.9 Å². The van der Waals surface area contributed by atoms with Gasteiger partial charge in [0.15, 0.2) is 0 Å². The largest absolute Gasteiger partial charge is 0.376 e. The number of hydroxylamine groups is 2. The Balaban J connectivity index is 0.832. The molecule has 3 fully saturated rings. The Morgan fingerprint density at radius 3 is 2.17 bits per heavy atom. The number of nitrogens with zero attached hydrogens (tertiary/aromatic N) is 5. The monoisotopic (exact) mass is 708 g/mol. The maximum absolute atomic E-state index is 13.2. The molecule has 3 saturated heterocycles. The number of piperazine rings is 1. The fourth-order valence-electron chi connectivity index (χ4n) is 7.31. The molecule has 1 N–H and O–H groups in total. The van der Waals surface area contributed by atoms with Crippen LogP contribution in [0.2, 0.25) is 0 Å². The van der Waals surface area contributed by atoms with Crippen molar-refractivity contribution in [3.63, 3.8) is 0 Å². The predicted octanol–water partition coefficient (Wildman–Crippen LogP) is 3.10. The molecule has 0 saturated carbocycles. The number of benzene rings is 3. The summed E-state index contributed by atoms with van der Waals surface area (Å²) in [5, 5.41) is 4.04. The number of piperidine rings is 2. The number of hydrogen-bond acceptors (Lipinski definition) is 10. The predicted molar refractivity (Wildman–Crippen MR) is 193 cm³/mol. The van der Waals surface area contributed by atoms with Gasteiger partial charge in [0.2, 0.25) is 11.8 Å². The standard InChI is InChI=1S/C39H44N6O7/c1-41(23-24-51-32-15-17-44(18-16-32)52-39(50)28-5-3-2-4-6-28)37(48)27-7-9-30(10-8-27)42-19-21-43(22-20-42)31-11-12-33-29(25-31)26-45(38(33)49)34-13-14-35(46)40-36(34)47/h2-12,25,32,34H,13-24,26H2,1H3,(H,40,46,47)/t34-/m1/s1. The molecular formula is C39H44N6O7. The first kappa shape index (κ1) is 35.1. The molecule has 3 aromatic carbocycles. The SMILES string of the molecule is CN(CCOC1CCN(OC(=O)c2ccccc2)CC1)C(=O)c1ccc(N2CCN(c3ccc4c(c3)CN([C@@H]3CCC(=O)NC3=O)C4=O)CC2)cc1. The number of fused-ring (bicyclic) bond motifs is 1. The Morgan fingerprint density at radius 1 is 0.808 bits per heavy atom. The summed E-state index contributed by atoms with van der Waals surface area (Å²) in [6.07, 6.45) is 2.12. The zero-order valence-electron chi connectivity index (χ0n) is 29.4. The molecule has 0 radical (unpaired) electrons. The van der Waals surface area contributed by atoms with Gasteiger partial charge in [-0.25, -0.2) is 4.79 Å². The summed E-state index contributed by atoms with van der Waals surface area (Å²) in [7, 11) is 1.78. The van der Waals surface area contributed by atoms with Crippen molar-refractivity contribution < 1.29 is 33.5 Å². The fraction of sp³-hybridized carbons (Fsp3) is 0.410. The molecule has 4 aliphatic rings. The molecular weight excluding hydrogens is 664 g/mol. The van der Waals surface area contributed by atoms with Crippen LogP contribution in [-0.4, -0.2) is 116 Å². The van der Waals surface area contributed by atoms with E-state index in [1.165, 1.54) is 0 Å². The summed E-state index contributed by atoms with van der Waals surface area (Å²) < 4.78 is 6.07. The van der Waals surface area contributed by atoms with Crippen LogP contribution >= 0.6 is 0 Å². The second kappa shape index (κ2) is 15.5. The highest BCUT2D eigenvalue weighted by Gasteiger charge is 2.39. The third kappa shape index (κ3) is 7.80. The van der Waals surface area contributed by atoms with E-state index in [9.17, 15) is 24.0 Å². The average Bonchev–Trinajstić information content (AvgIpc) is 3.50. The van der Waals surface area contributed by atoms with Crippen molar-refractivity contribution in [2.24, 2.45) is 0 Å². The second-order valence-corrected chi connectivity index (χ2v) is 13.7. The summed E-state index contributed by atoms with van der Waals surface area (Å²) in [5.74, 6) is -1.28. The minimum atomic E-state index is -0.623. The minimum Gasteiger partial charge on any atom is -0.376 e. The van der Waals surface area contributed by atoms with Crippen molar-refractivity contribution in [2.45, 2.75) is 44.4 Å². The second-order valence-electron chi connectivity index (χ2n) is 13.7. The van der Waals surface area contributed by atoms with Gasteiger partial charge in [0, 0.05) is 88.3 Å². The van der Waals surface area contributed by atoms with Gasteiger partial charge in [-0.3, -0.25) is 24.5 Å². The molecule has 13 nitrogen and oxygen atoms in total. The summed E-state index contributed by atoms with van der Waals surface area (Å²) in [5.41, 5.74) is 4.76. The van der Waals surface area contributed by atoms with Crippen LogP contribution in [0.25, 0.3) is 0 Å². The van der Waals surface area contributed by atoms with Gasteiger partial charge >= 0.3 is 5.97 Å². The Kier molecular flexibility index (Phi) is 10.5. The number of carbonyl (C=O) groups excluding carboxylic acids is 5. The zero-order chi connectivity index (χ0) is 36.2. The van der Waals surface area contributed by atoms with Gasteiger partial charge in [0.25, 0.3) is 11.8 Å². The van der Waals surface area contributed by atoms with Gasteiger partial charge in [-0.2, -0.15) is 0 Å². The quantitative estimate of drug-likeness (QED) is 0.314. The molecule has 7 rings (SSSR count). The highest BCUT2D eigenvalue weighted by Crippen LogP contribution is 2.31. The van der Waals surface area contributed by atoms with Gasteiger partial charge in [-0.15, -0.1) is 5.06 Å². The molecule has 1 atom stereocenters. The third-order valence-electron chi connectivity index (χ3n) is 10.4. The van der Waals surface area contributed by atoms with Crippen LogP contribution < -0.4 is 15.1 Å². The number of amides is 4. The van der Waals surface area contributed by atoms with Gasteiger partial charge in [0.1, 0.15) is 6.04 Å². The van der Waals surface area contributed by atoms with Crippen LogP contribution in [0.5, 0.6) is 0 Å². The smallest absolute Gasteiger partial charge is 0.357 e. The first-order chi connectivity index (χ1) is 25.2. The molecule has 272 valence electrons. The van der Waals surface area contributed by atoms with E-state index < -0.39 is 11.9 Å². The molecule has 52 heavy (non-hydrogen) atoms. The maximum atomic E-state index is 13.2. The molecule has 0 bridgehead atoms. The van der Waals surface area contributed by atoms with Crippen LogP contribution in [0.4, 0.5) is 11.4 Å². The van der Waals surface area contributed by atoms with Crippen molar-refractivity contribution in [3.8, 4) is 0 Å². The molecule has 0 spiro atoms. The Morgan fingerprint density at radius 2 is 1.48 bits per heavy atom. The van der Waals surface area contributed by atoms with Crippen LogP contribution in [0, 0.1) is 0 Å². The molecule has 3 aromatic rings. The van der Waals surface area contributed by atoms with E-state index in [2.05, 4.69) is 15.1 Å². The molecule has 0 aliphatic carbocycles. The van der Waals surface area contributed by atoms with E-state index in [1.54, 1.807) is 34.0 Å². The molecule has 4 aliphatic heterocycles. The molecule has 0 unspecified atom stereocenters. The highest BCUT2D eigenvalue weighted by molar-refractivity contribution is 6.05. The summed E-state index contributed by atoms with van der Waals surface area (Å²) in [6, 6.07) is 21.9. The fourth-order valence-corrected chi connectivity index (χ4v) is 7.31. The normalized spacial score (nSPS) is 19.8. The van der Waals surface area contributed by atoms with Gasteiger partial charge in [-0.05, 0) is 79.4 Å². The lowest BCUT2D eigenvalue weighted by molar-refractivity contribution is -0.140. The summed E-state index contributed by atoms with van der Waals surface area (Å²) >= 11 is 0. The van der Waals surface area contributed by atoms with Crippen molar-refractivity contribution in [3.05, 3.63) is 95.1 Å². The number of anilines is 2. The Labute approximate surface area is 303 Å². The first-order valence-corrected chi connectivity index (χ1v) is 18.0. The maximum Gasteiger partial charge on any atom is 0.357 e. The van der Waals surface area contributed by atoms with Gasteiger partial charge in [-0.1, -0.05) is 18.2 Å². The number of likely N-dealkylation sites (N-methyl/N-ethyl adjacent to an activating group) is 1. The number of imide groups is 1. The van der Waals surface area contributed by atoms with Crippen LogP contribution in [0.1, 0.15) is 62.3 Å². The van der Waals surface area contributed by atoms with Crippen LogP contribution in [0.15, 0.2) is 72.8 Å². The third-order valence-corrected chi connectivity index (χ3v) is 10.4. The van der Waals surface area contributed by atoms with E-state index in [1.807, 2.05) is 60.7 Å². The molecule has 0 aromatic heterocycles. The van der Waals surface area contributed by atoms with E-state index >= 15 is 0 Å². The lowest BCUT2D eigenvalue weighted by Crippen LogP contribution is -2.52. The van der Waals surface area contributed by atoms with Crippen LogP contribution in [-0.2, 0) is 25.7 Å². The summed E-state index contributed by atoms with van der Waals surface area (Å²) in [4.78, 5) is 75.9. The lowest BCUT2D eigenvalue weighted by atomic mass is 10.0.